The third-order valence-corrected chi connectivity index (χ3v) is 2.44. The van der Waals surface area contributed by atoms with Crippen LogP contribution < -0.4 is 0 Å². The zero-order valence-corrected chi connectivity index (χ0v) is 8.46. The van der Waals surface area contributed by atoms with E-state index in [4.69, 9.17) is 11.6 Å². The summed E-state index contributed by atoms with van der Waals surface area (Å²) < 4.78 is 25.0. The van der Waals surface area contributed by atoms with Crippen LogP contribution in [-0.4, -0.2) is 4.98 Å². The summed E-state index contributed by atoms with van der Waals surface area (Å²) in [6.07, 6.45) is -2.62. The highest BCUT2D eigenvalue weighted by Gasteiger charge is 2.15. The van der Waals surface area contributed by atoms with Gasteiger partial charge in [0.05, 0.1) is 10.7 Å². The van der Waals surface area contributed by atoms with Crippen LogP contribution in [0.5, 0.6) is 0 Å². The van der Waals surface area contributed by atoms with E-state index in [-0.39, 0.29) is 10.7 Å². The van der Waals surface area contributed by atoms with E-state index in [0.717, 1.165) is 0 Å². The molecule has 1 aromatic heterocycles. The third-order valence-electron chi connectivity index (χ3n) is 1.34. The molecule has 5 heteroatoms. The van der Waals surface area contributed by atoms with Crippen LogP contribution in [0.15, 0.2) is 10.5 Å². The first-order chi connectivity index (χ1) is 5.52. The lowest BCUT2D eigenvalue weighted by molar-refractivity contribution is 0.146. The van der Waals surface area contributed by atoms with Crippen LogP contribution in [0.2, 0.25) is 5.02 Å². The number of aromatic nitrogens is 1. The number of aryl methyl sites for hydroxylation is 1. The van der Waals surface area contributed by atoms with Crippen molar-refractivity contribution in [3.05, 3.63) is 26.9 Å². The van der Waals surface area contributed by atoms with Gasteiger partial charge in [0.25, 0.3) is 6.43 Å². The summed E-state index contributed by atoms with van der Waals surface area (Å²) in [5.41, 5.74) is 0.145. The second-order valence-corrected chi connectivity index (χ2v) is 3.48. The summed E-state index contributed by atoms with van der Waals surface area (Å²) in [5, 5.41) is -0.0116. The van der Waals surface area contributed by atoms with Gasteiger partial charge in [-0.05, 0) is 28.9 Å². The summed E-state index contributed by atoms with van der Waals surface area (Å²) in [4.78, 5) is 3.64. The molecule has 0 aromatic carbocycles. The Morgan fingerprint density at radius 1 is 1.58 bits per heavy atom. The highest BCUT2D eigenvalue weighted by molar-refractivity contribution is 9.10. The van der Waals surface area contributed by atoms with E-state index < -0.39 is 6.43 Å². The molecule has 0 atom stereocenters. The summed E-state index contributed by atoms with van der Waals surface area (Å²) in [6.45, 7) is 1.63. The van der Waals surface area contributed by atoms with Crippen LogP contribution in [0.3, 0.4) is 0 Å². The molecule has 0 amide bonds. The smallest absolute Gasteiger partial charge is 0.249 e. The van der Waals surface area contributed by atoms with Crippen molar-refractivity contribution in [2.45, 2.75) is 13.3 Å². The maximum Gasteiger partial charge on any atom is 0.281 e. The van der Waals surface area contributed by atoms with Crippen LogP contribution in [-0.2, 0) is 0 Å². The summed E-state index contributed by atoms with van der Waals surface area (Å²) in [7, 11) is 0. The molecule has 1 nitrogen and oxygen atoms in total. The Hall–Kier alpha value is -0.220. The molecule has 1 aromatic rings. The average molecular weight is 256 g/mol. The van der Waals surface area contributed by atoms with Crippen molar-refractivity contribution in [2.24, 2.45) is 0 Å². The van der Waals surface area contributed by atoms with Gasteiger partial charge in [0.2, 0.25) is 0 Å². The first kappa shape index (κ1) is 9.86. The Labute approximate surface area is 81.9 Å². The molecule has 0 saturated carbocycles. The van der Waals surface area contributed by atoms with Crippen LogP contribution >= 0.6 is 27.5 Å². The summed E-state index contributed by atoms with van der Waals surface area (Å²) >= 11 is 8.66. The van der Waals surface area contributed by atoms with Gasteiger partial charge >= 0.3 is 0 Å². The molecule has 1 heterocycles. The first-order valence-electron chi connectivity index (χ1n) is 3.13. The topological polar surface area (TPSA) is 12.9 Å². The lowest BCUT2D eigenvalue weighted by atomic mass is 10.3. The largest absolute Gasteiger partial charge is 0.281 e. The van der Waals surface area contributed by atoms with E-state index in [1.165, 1.54) is 6.07 Å². The number of hydrogen-bond donors (Lipinski definition) is 0. The van der Waals surface area contributed by atoms with Gasteiger partial charge < -0.3 is 0 Å². The monoisotopic (exact) mass is 255 g/mol. The number of halogens is 4. The molecule has 0 saturated heterocycles. The predicted molar refractivity (Wildman–Crippen MR) is 46.6 cm³/mol. The number of pyridine rings is 1. The molecule has 0 bridgehead atoms. The fourth-order valence-corrected chi connectivity index (χ4v) is 1.41. The Kier molecular flexibility index (Phi) is 3.01. The van der Waals surface area contributed by atoms with Crippen LogP contribution in [0, 0.1) is 6.92 Å². The molecule has 0 aliphatic rings. The van der Waals surface area contributed by atoms with E-state index in [1.54, 1.807) is 6.92 Å². The number of nitrogens with zero attached hydrogens (tertiary/aromatic N) is 1. The van der Waals surface area contributed by atoms with Crippen molar-refractivity contribution < 1.29 is 8.78 Å². The standard InChI is InChI=1S/C7H5BrClF2N/c1-3-4(8)2-5(9)6(12-3)7(10)11/h2,7H,1H3. The molecule has 0 fully saturated rings. The van der Waals surface area contributed by atoms with E-state index >= 15 is 0 Å². The fourth-order valence-electron chi connectivity index (χ4n) is 0.730. The van der Waals surface area contributed by atoms with Crippen molar-refractivity contribution in [3.8, 4) is 0 Å². The summed E-state index contributed by atoms with van der Waals surface area (Å²) in [6, 6.07) is 1.42. The molecule has 1 rings (SSSR count). The van der Waals surface area contributed by atoms with Crippen molar-refractivity contribution >= 4 is 27.5 Å². The Morgan fingerprint density at radius 3 is 2.67 bits per heavy atom. The van der Waals surface area contributed by atoms with E-state index in [0.29, 0.717) is 10.2 Å². The lowest BCUT2D eigenvalue weighted by Gasteiger charge is -2.04. The van der Waals surface area contributed by atoms with Gasteiger partial charge in [-0.1, -0.05) is 11.6 Å². The van der Waals surface area contributed by atoms with Crippen LogP contribution in [0.25, 0.3) is 0 Å². The molecule has 0 N–H and O–H groups in total. The van der Waals surface area contributed by atoms with Gasteiger partial charge in [0, 0.05) is 4.47 Å². The highest BCUT2D eigenvalue weighted by Crippen LogP contribution is 2.28. The molecule has 0 radical (unpaired) electrons. The van der Waals surface area contributed by atoms with Gasteiger partial charge in [-0.15, -0.1) is 0 Å². The maximum atomic E-state index is 12.2. The van der Waals surface area contributed by atoms with Gasteiger partial charge in [-0.2, -0.15) is 0 Å². The lowest BCUT2D eigenvalue weighted by Crippen LogP contribution is -1.94. The minimum atomic E-state index is -2.62. The van der Waals surface area contributed by atoms with Gasteiger partial charge in [0.15, 0.2) is 0 Å². The van der Waals surface area contributed by atoms with Crippen molar-refractivity contribution in [1.82, 2.24) is 4.98 Å². The molecule has 0 unspecified atom stereocenters. The molecule has 0 spiro atoms. The first-order valence-corrected chi connectivity index (χ1v) is 4.30. The van der Waals surface area contributed by atoms with E-state index in [1.807, 2.05) is 0 Å². The Bertz CT molecular complexity index is 304. The van der Waals surface area contributed by atoms with Gasteiger partial charge in [-0.3, -0.25) is 0 Å². The molecule has 66 valence electrons. The highest BCUT2D eigenvalue weighted by atomic mass is 79.9. The van der Waals surface area contributed by atoms with Crippen LogP contribution in [0.1, 0.15) is 17.8 Å². The average Bonchev–Trinajstić information content (AvgIpc) is 1.96. The quantitative estimate of drug-likeness (QED) is 0.746. The fraction of sp³-hybridized carbons (Fsp3) is 0.286. The SMILES string of the molecule is Cc1nc(C(F)F)c(Cl)cc1Br. The molecular weight excluding hydrogens is 251 g/mol. The van der Waals surface area contributed by atoms with Gasteiger partial charge in [0.1, 0.15) is 5.69 Å². The Balaban J connectivity index is 3.23. The minimum absolute atomic E-state index is 0.0116. The van der Waals surface area contributed by atoms with Crippen molar-refractivity contribution in [3.63, 3.8) is 0 Å². The van der Waals surface area contributed by atoms with Gasteiger partial charge in [-0.25, -0.2) is 13.8 Å². The van der Waals surface area contributed by atoms with Crippen molar-refractivity contribution in [1.29, 1.82) is 0 Å². The zero-order valence-electron chi connectivity index (χ0n) is 6.11. The number of hydrogen-bond acceptors (Lipinski definition) is 1. The molecule has 0 aliphatic heterocycles. The van der Waals surface area contributed by atoms with Crippen molar-refractivity contribution in [2.75, 3.05) is 0 Å². The molecule has 12 heavy (non-hydrogen) atoms. The van der Waals surface area contributed by atoms with E-state index in [2.05, 4.69) is 20.9 Å². The third kappa shape index (κ3) is 1.93. The zero-order chi connectivity index (χ0) is 9.30. The number of rotatable bonds is 1. The van der Waals surface area contributed by atoms with E-state index in [9.17, 15) is 8.78 Å². The van der Waals surface area contributed by atoms with Crippen LogP contribution in [0.4, 0.5) is 8.78 Å². The summed E-state index contributed by atoms with van der Waals surface area (Å²) in [5.74, 6) is 0. The second kappa shape index (κ2) is 3.66. The Morgan fingerprint density at radius 2 is 2.17 bits per heavy atom. The predicted octanol–water partition coefficient (Wildman–Crippen LogP) is 3.74. The normalized spacial score (nSPS) is 10.8. The maximum absolute atomic E-state index is 12.2. The number of alkyl halides is 2. The second-order valence-electron chi connectivity index (χ2n) is 2.22. The minimum Gasteiger partial charge on any atom is -0.249 e. The molecular formula is C7H5BrClF2N. The molecule has 0 aliphatic carbocycles.